The lowest BCUT2D eigenvalue weighted by Crippen LogP contribution is -2.36. The van der Waals surface area contributed by atoms with Crippen LogP contribution in [0.3, 0.4) is 0 Å². The van der Waals surface area contributed by atoms with Gasteiger partial charge in [0.1, 0.15) is 0 Å². The molecule has 1 aromatic heterocycles. The Kier molecular flexibility index (Phi) is 3.07. The highest BCUT2D eigenvalue weighted by Crippen LogP contribution is 2.22. The van der Waals surface area contributed by atoms with E-state index in [0.717, 1.165) is 0 Å². The van der Waals surface area contributed by atoms with Crippen molar-refractivity contribution in [3.05, 3.63) is 23.1 Å². The van der Waals surface area contributed by atoms with Gasteiger partial charge in [0.2, 0.25) is 0 Å². The van der Waals surface area contributed by atoms with Gasteiger partial charge >= 0.3 is 0 Å². The van der Waals surface area contributed by atoms with Crippen LogP contribution in [0.5, 0.6) is 0 Å². The molecule has 82 valence electrons. The highest BCUT2D eigenvalue weighted by Gasteiger charge is 2.20. The van der Waals surface area contributed by atoms with E-state index in [9.17, 15) is 9.50 Å². The zero-order chi connectivity index (χ0) is 10.8. The third-order valence-corrected chi connectivity index (χ3v) is 2.76. The van der Waals surface area contributed by atoms with Gasteiger partial charge in [0.25, 0.3) is 0 Å². The lowest BCUT2D eigenvalue weighted by molar-refractivity contribution is 0.145. The van der Waals surface area contributed by atoms with E-state index in [1.165, 1.54) is 12.3 Å². The Bertz CT molecular complexity index is 353. The molecular weight excluding hydrogens is 219 g/mol. The summed E-state index contributed by atoms with van der Waals surface area (Å²) in [5.74, 6) is -0.0785. The lowest BCUT2D eigenvalue weighted by atomic mass is 10.1. The van der Waals surface area contributed by atoms with Gasteiger partial charge in [0.05, 0.1) is 11.1 Å². The standard InChI is InChI=1S/C10H12ClFN2O/c11-7-5-9(12)10(13-6-7)14-3-1-8(15)2-4-14/h5-6,8,15H,1-4H2. The van der Waals surface area contributed by atoms with Crippen molar-refractivity contribution in [2.24, 2.45) is 0 Å². The number of aliphatic hydroxyl groups excluding tert-OH is 1. The molecule has 1 aliphatic heterocycles. The molecule has 3 nitrogen and oxygen atoms in total. The van der Waals surface area contributed by atoms with Gasteiger partial charge in [-0.3, -0.25) is 0 Å². The average molecular weight is 231 g/mol. The third kappa shape index (κ3) is 2.38. The Balaban J connectivity index is 2.15. The molecule has 15 heavy (non-hydrogen) atoms. The zero-order valence-electron chi connectivity index (χ0n) is 8.16. The van der Waals surface area contributed by atoms with Crippen molar-refractivity contribution in [1.82, 2.24) is 4.98 Å². The summed E-state index contributed by atoms with van der Waals surface area (Å²) in [5.41, 5.74) is 0. The average Bonchev–Trinajstić information content (AvgIpc) is 2.20. The van der Waals surface area contributed by atoms with Gasteiger partial charge in [-0.15, -0.1) is 0 Å². The van der Waals surface area contributed by atoms with Crippen molar-refractivity contribution < 1.29 is 9.50 Å². The van der Waals surface area contributed by atoms with Gasteiger partial charge in [-0.2, -0.15) is 0 Å². The monoisotopic (exact) mass is 230 g/mol. The van der Waals surface area contributed by atoms with Gasteiger partial charge in [0.15, 0.2) is 11.6 Å². The molecule has 1 aliphatic rings. The second-order valence-corrected chi connectivity index (χ2v) is 4.11. The molecule has 0 amide bonds. The molecule has 0 aromatic carbocycles. The molecule has 1 N–H and O–H groups in total. The number of piperidine rings is 1. The minimum atomic E-state index is -0.404. The van der Waals surface area contributed by atoms with Crippen molar-refractivity contribution >= 4 is 17.4 Å². The van der Waals surface area contributed by atoms with Crippen LogP contribution < -0.4 is 4.90 Å². The zero-order valence-corrected chi connectivity index (χ0v) is 8.91. The molecule has 0 unspecified atom stereocenters. The van der Waals surface area contributed by atoms with Crippen LogP contribution in [0.25, 0.3) is 0 Å². The maximum absolute atomic E-state index is 13.5. The van der Waals surface area contributed by atoms with Crippen LogP contribution in [0.4, 0.5) is 10.2 Å². The number of anilines is 1. The van der Waals surface area contributed by atoms with E-state index in [4.69, 9.17) is 11.6 Å². The minimum Gasteiger partial charge on any atom is -0.393 e. The topological polar surface area (TPSA) is 36.4 Å². The van der Waals surface area contributed by atoms with Crippen molar-refractivity contribution in [1.29, 1.82) is 0 Å². The SMILES string of the molecule is OC1CCN(c2ncc(Cl)cc2F)CC1. The van der Waals surface area contributed by atoms with Crippen molar-refractivity contribution in [3.63, 3.8) is 0 Å². The smallest absolute Gasteiger partial charge is 0.167 e. The van der Waals surface area contributed by atoms with E-state index in [1.807, 2.05) is 4.90 Å². The second kappa shape index (κ2) is 4.33. The summed E-state index contributed by atoms with van der Waals surface area (Å²) in [6, 6.07) is 1.26. The minimum absolute atomic E-state index is 0.267. The fourth-order valence-electron chi connectivity index (χ4n) is 1.72. The lowest BCUT2D eigenvalue weighted by Gasteiger charge is -2.30. The predicted molar refractivity (Wildman–Crippen MR) is 56.7 cm³/mol. The van der Waals surface area contributed by atoms with Crippen LogP contribution in [-0.4, -0.2) is 29.3 Å². The molecule has 5 heteroatoms. The molecule has 0 spiro atoms. The molecule has 0 saturated carbocycles. The molecule has 1 saturated heterocycles. The number of aromatic nitrogens is 1. The summed E-state index contributed by atoms with van der Waals surface area (Å²) in [4.78, 5) is 5.80. The molecular formula is C10H12ClFN2O. The fourth-order valence-corrected chi connectivity index (χ4v) is 1.86. The normalized spacial score (nSPS) is 18.2. The summed E-state index contributed by atoms with van der Waals surface area (Å²) >= 11 is 5.62. The van der Waals surface area contributed by atoms with Crippen molar-refractivity contribution in [3.8, 4) is 0 Å². The van der Waals surface area contributed by atoms with E-state index >= 15 is 0 Å². The maximum atomic E-state index is 13.5. The van der Waals surface area contributed by atoms with E-state index < -0.39 is 5.82 Å². The van der Waals surface area contributed by atoms with Gasteiger partial charge in [0, 0.05) is 19.3 Å². The van der Waals surface area contributed by atoms with Crippen LogP contribution in [0.2, 0.25) is 5.02 Å². The van der Waals surface area contributed by atoms with Crippen molar-refractivity contribution in [2.75, 3.05) is 18.0 Å². The first kappa shape index (κ1) is 10.6. The summed E-state index contributed by atoms with van der Waals surface area (Å²) in [5, 5.41) is 9.62. The van der Waals surface area contributed by atoms with E-state index in [-0.39, 0.29) is 6.10 Å². The van der Waals surface area contributed by atoms with Gasteiger partial charge in [-0.25, -0.2) is 9.37 Å². The Labute approximate surface area is 92.5 Å². The molecule has 0 radical (unpaired) electrons. The maximum Gasteiger partial charge on any atom is 0.167 e. The predicted octanol–water partition coefficient (Wildman–Crippen LogP) is 1.84. The molecule has 1 fully saturated rings. The highest BCUT2D eigenvalue weighted by atomic mass is 35.5. The number of rotatable bonds is 1. The Morgan fingerprint density at radius 2 is 2.13 bits per heavy atom. The number of hydrogen-bond donors (Lipinski definition) is 1. The second-order valence-electron chi connectivity index (χ2n) is 3.68. The number of nitrogens with zero attached hydrogens (tertiary/aromatic N) is 2. The number of halogens is 2. The van der Waals surface area contributed by atoms with E-state index in [1.54, 1.807) is 0 Å². The number of hydrogen-bond acceptors (Lipinski definition) is 3. The fraction of sp³-hybridized carbons (Fsp3) is 0.500. The summed E-state index contributed by atoms with van der Waals surface area (Å²) in [6.45, 7) is 1.26. The van der Waals surface area contributed by atoms with Crippen LogP contribution in [0, 0.1) is 5.82 Å². The van der Waals surface area contributed by atoms with Crippen LogP contribution >= 0.6 is 11.6 Å². The highest BCUT2D eigenvalue weighted by molar-refractivity contribution is 6.30. The summed E-state index contributed by atoms with van der Waals surface area (Å²) < 4.78 is 13.5. The quantitative estimate of drug-likeness (QED) is 0.800. The van der Waals surface area contributed by atoms with Crippen LogP contribution in [0.15, 0.2) is 12.3 Å². The molecule has 0 aliphatic carbocycles. The van der Waals surface area contributed by atoms with Crippen molar-refractivity contribution in [2.45, 2.75) is 18.9 Å². The molecule has 1 aromatic rings. The van der Waals surface area contributed by atoms with Gasteiger partial charge in [-0.05, 0) is 18.9 Å². The Hall–Kier alpha value is -0.870. The molecule has 0 bridgehead atoms. The van der Waals surface area contributed by atoms with E-state index in [2.05, 4.69) is 4.98 Å². The third-order valence-electron chi connectivity index (χ3n) is 2.55. The largest absolute Gasteiger partial charge is 0.393 e. The number of aliphatic hydroxyl groups is 1. The van der Waals surface area contributed by atoms with Crippen LogP contribution in [0.1, 0.15) is 12.8 Å². The molecule has 2 heterocycles. The molecule has 0 atom stereocenters. The van der Waals surface area contributed by atoms with E-state index in [0.29, 0.717) is 36.8 Å². The summed E-state index contributed by atoms with van der Waals surface area (Å²) in [6.07, 6.45) is 2.48. The van der Waals surface area contributed by atoms with Gasteiger partial charge in [-0.1, -0.05) is 11.6 Å². The first-order valence-electron chi connectivity index (χ1n) is 4.91. The summed E-state index contributed by atoms with van der Waals surface area (Å²) in [7, 11) is 0. The number of pyridine rings is 1. The Morgan fingerprint density at radius 1 is 1.47 bits per heavy atom. The first-order chi connectivity index (χ1) is 7.16. The first-order valence-corrected chi connectivity index (χ1v) is 5.28. The molecule has 2 rings (SSSR count). The Morgan fingerprint density at radius 3 is 2.73 bits per heavy atom. The van der Waals surface area contributed by atoms with Crippen LogP contribution in [-0.2, 0) is 0 Å². The van der Waals surface area contributed by atoms with Gasteiger partial charge < -0.3 is 10.0 Å².